The molecule has 1 fully saturated rings. The van der Waals surface area contributed by atoms with Crippen molar-refractivity contribution in [3.05, 3.63) is 54.1 Å². The number of fused-ring (bicyclic) bond motifs is 1. The van der Waals surface area contributed by atoms with Gasteiger partial charge in [-0.3, -0.25) is 4.79 Å². The summed E-state index contributed by atoms with van der Waals surface area (Å²) in [6, 6.07) is 14.4. The molecule has 1 aliphatic heterocycles. The Labute approximate surface area is 204 Å². The number of carbonyl (C=O) groups is 2. The van der Waals surface area contributed by atoms with Crippen LogP contribution in [0.15, 0.2) is 48.5 Å². The van der Waals surface area contributed by atoms with E-state index in [0.717, 1.165) is 34.1 Å². The van der Waals surface area contributed by atoms with Crippen LogP contribution in [0.25, 0.3) is 22.2 Å². The van der Waals surface area contributed by atoms with Gasteiger partial charge < -0.3 is 24.3 Å². The van der Waals surface area contributed by atoms with Crippen LogP contribution >= 0.6 is 0 Å². The lowest BCUT2D eigenvalue weighted by Crippen LogP contribution is -2.51. The smallest absolute Gasteiger partial charge is 0.328 e. The maximum absolute atomic E-state index is 12.8. The first-order valence-electron chi connectivity index (χ1n) is 11.5. The van der Waals surface area contributed by atoms with Crippen molar-refractivity contribution >= 4 is 22.8 Å². The molecular weight excluding hydrogens is 448 g/mol. The molecule has 1 amide bonds. The second kappa shape index (κ2) is 10.3. The number of aromatic nitrogens is 1. The van der Waals surface area contributed by atoms with Crippen molar-refractivity contribution in [3.63, 3.8) is 0 Å². The van der Waals surface area contributed by atoms with Crippen LogP contribution in [-0.2, 0) is 25.5 Å². The van der Waals surface area contributed by atoms with Crippen LogP contribution in [0.1, 0.15) is 25.3 Å². The lowest BCUT2D eigenvalue weighted by molar-refractivity contribution is -0.149. The molecular formula is C27H30N2O6. The van der Waals surface area contributed by atoms with E-state index in [1.165, 1.54) is 7.11 Å². The number of nitrogens with one attached hydrogen (secondary N) is 1. The Hall–Kier alpha value is -3.65. The number of esters is 1. The minimum atomic E-state index is -0.921. The molecule has 0 bridgehead atoms. The molecule has 0 spiro atoms. The average Bonchev–Trinajstić information content (AvgIpc) is 3.34. The molecule has 0 unspecified atom stereocenters. The van der Waals surface area contributed by atoms with E-state index < -0.39 is 17.6 Å². The van der Waals surface area contributed by atoms with Crippen molar-refractivity contribution in [2.24, 2.45) is 0 Å². The summed E-state index contributed by atoms with van der Waals surface area (Å²) in [5.41, 5.74) is 2.23. The molecule has 1 aliphatic rings. The normalized spacial score (nSPS) is 18.2. The lowest BCUT2D eigenvalue weighted by Gasteiger charge is -2.25. The largest absolute Gasteiger partial charge is 0.496 e. The zero-order chi connectivity index (χ0) is 25.0. The molecule has 1 aromatic heterocycles. The summed E-state index contributed by atoms with van der Waals surface area (Å²) in [6.07, 6.45) is 1.72. The van der Waals surface area contributed by atoms with E-state index in [1.807, 2.05) is 48.5 Å². The molecule has 0 radical (unpaired) electrons. The number of methoxy groups -OCH3 is 3. The highest BCUT2D eigenvalue weighted by Gasteiger charge is 2.39. The summed E-state index contributed by atoms with van der Waals surface area (Å²) in [6.45, 7) is 2.28. The maximum atomic E-state index is 12.8. The minimum absolute atomic E-state index is 0.284. The van der Waals surface area contributed by atoms with E-state index in [9.17, 15) is 9.59 Å². The van der Waals surface area contributed by atoms with Gasteiger partial charge >= 0.3 is 5.97 Å². The van der Waals surface area contributed by atoms with Gasteiger partial charge in [0.2, 0.25) is 0 Å². The van der Waals surface area contributed by atoms with E-state index in [2.05, 4.69) is 5.32 Å². The highest BCUT2D eigenvalue weighted by Crippen LogP contribution is 2.37. The third kappa shape index (κ3) is 5.07. The Balaban J connectivity index is 1.60. The fourth-order valence-electron chi connectivity index (χ4n) is 4.39. The Bertz CT molecular complexity index is 1210. The summed E-state index contributed by atoms with van der Waals surface area (Å²) in [5, 5.41) is 3.72. The van der Waals surface area contributed by atoms with Gasteiger partial charge in [0.05, 0.1) is 38.1 Å². The average molecular weight is 479 g/mol. The van der Waals surface area contributed by atoms with Gasteiger partial charge in [0.25, 0.3) is 5.91 Å². The Kier molecular flexibility index (Phi) is 7.21. The Morgan fingerprint density at radius 1 is 1.09 bits per heavy atom. The van der Waals surface area contributed by atoms with E-state index >= 15 is 0 Å². The number of hydrogen-bond donors (Lipinski definition) is 1. The van der Waals surface area contributed by atoms with E-state index in [-0.39, 0.29) is 12.3 Å². The number of pyridine rings is 1. The summed E-state index contributed by atoms with van der Waals surface area (Å²) < 4.78 is 21.6. The monoisotopic (exact) mass is 478 g/mol. The highest BCUT2D eigenvalue weighted by molar-refractivity contribution is 5.90. The third-order valence-corrected chi connectivity index (χ3v) is 6.37. The number of nitrogens with zero attached hydrogens (tertiary/aromatic N) is 1. The van der Waals surface area contributed by atoms with Crippen molar-refractivity contribution in [1.29, 1.82) is 0 Å². The van der Waals surface area contributed by atoms with Gasteiger partial charge in [-0.15, -0.1) is 0 Å². The minimum Gasteiger partial charge on any atom is -0.496 e. The number of hydrogen-bond acceptors (Lipinski definition) is 7. The van der Waals surface area contributed by atoms with Gasteiger partial charge in [0.15, 0.2) is 0 Å². The molecule has 35 heavy (non-hydrogen) atoms. The van der Waals surface area contributed by atoms with E-state index in [1.54, 1.807) is 21.1 Å². The van der Waals surface area contributed by atoms with Crippen LogP contribution in [0.4, 0.5) is 0 Å². The summed E-state index contributed by atoms with van der Waals surface area (Å²) >= 11 is 0. The molecule has 2 aromatic carbocycles. The fraction of sp³-hybridized carbons (Fsp3) is 0.370. The summed E-state index contributed by atoms with van der Waals surface area (Å²) in [7, 11) is 4.54. The van der Waals surface area contributed by atoms with E-state index in [4.69, 9.17) is 23.9 Å². The van der Waals surface area contributed by atoms with Crippen LogP contribution in [0.5, 0.6) is 11.5 Å². The van der Waals surface area contributed by atoms with Gasteiger partial charge in [-0.25, -0.2) is 9.78 Å². The first-order valence-corrected chi connectivity index (χ1v) is 11.5. The topological polar surface area (TPSA) is 96.0 Å². The van der Waals surface area contributed by atoms with Crippen molar-refractivity contribution in [1.82, 2.24) is 10.3 Å². The fourth-order valence-corrected chi connectivity index (χ4v) is 4.39. The van der Waals surface area contributed by atoms with Gasteiger partial charge in [0.1, 0.15) is 23.1 Å². The number of carbonyl (C=O) groups excluding carboxylic acids is 2. The molecule has 4 rings (SSSR count). The predicted octanol–water partition coefficient (Wildman–Crippen LogP) is 3.69. The van der Waals surface area contributed by atoms with Crippen LogP contribution < -0.4 is 14.8 Å². The Morgan fingerprint density at radius 3 is 2.46 bits per heavy atom. The quantitative estimate of drug-likeness (QED) is 0.493. The molecule has 8 nitrogen and oxygen atoms in total. The molecule has 184 valence electrons. The molecule has 8 heteroatoms. The van der Waals surface area contributed by atoms with Gasteiger partial charge in [-0.1, -0.05) is 18.2 Å². The first kappa shape index (κ1) is 24.5. The molecule has 1 N–H and O–H groups in total. The molecule has 3 aromatic rings. The van der Waals surface area contributed by atoms with Crippen LogP contribution in [0, 0.1) is 0 Å². The van der Waals surface area contributed by atoms with Gasteiger partial charge in [-0.2, -0.15) is 0 Å². The summed E-state index contributed by atoms with van der Waals surface area (Å²) in [4.78, 5) is 30.1. The second-order valence-electron chi connectivity index (χ2n) is 8.70. The molecule has 2 atom stereocenters. The van der Waals surface area contributed by atoms with Crippen molar-refractivity contribution in [2.45, 2.75) is 37.8 Å². The Morgan fingerprint density at radius 2 is 1.83 bits per heavy atom. The van der Waals surface area contributed by atoms with Gasteiger partial charge in [-0.05, 0) is 55.7 Å². The first-order chi connectivity index (χ1) is 16.9. The SMILES string of the molecule is COC(=O)[C@H](Cc1ccc2nc(-c3c(OC)cccc3OC)ccc2c1)NC(=O)[C@@]1(C)CCCO1. The summed E-state index contributed by atoms with van der Waals surface area (Å²) in [5.74, 6) is 0.536. The second-order valence-corrected chi connectivity index (χ2v) is 8.70. The molecule has 1 saturated heterocycles. The van der Waals surface area contributed by atoms with Crippen molar-refractivity contribution in [3.8, 4) is 22.8 Å². The van der Waals surface area contributed by atoms with Crippen LogP contribution in [0.2, 0.25) is 0 Å². The molecule has 0 aliphatic carbocycles. The molecule has 2 heterocycles. The van der Waals surface area contributed by atoms with Gasteiger partial charge in [0, 0.05) is 18.4 Å². The standard InChI is InChI=1S/C27H30N2O6/c1-27(13-6-14-35-27)26(31)29-21(25(30)34-4)16-17-9-11-19-18(15-17)10-12-20(28-19)24-22(32-2)7-5-8-23(24)33-3/h5,7-12,15,21H,6,13-14,16H2,1-4H3,(H,29,31)/t21-,27+/m0/s1. The highest BCUT2D eigenvalue weighted by atomic mass is 16.5. The number of amides is 1. The van der Waals surface area contributed by atoms with Crippen molar-refractivity contribution in [2.75, 3.05) is 27.9 Å². The number of rotatable bonds is 8. The zero-order valence-corrected chi connectivity index (χ0v) is 20.4. The zero-order valence-electron chi connectivity index (χ0n) is 20.4. The van der Waals surface area contributed by atoms with E-state index in [0.29, 0.717) is 24.5 Å². The third-order valence-electron chi connectivity index (χ3n) is 6.37. The number of ether oxygens (including phenoxy) is 4. The maximum Gasteiger partial charge on any atom is 0.328 e. The molecule has 0 saturated carbocycles. The van der Waals surface area contributed by atoms with Crippen molar-refractivity contribution < 1.29 is 28.5 Å². The number of benzene rings is 2. The van der Waals surface area contributed by atoms with Crippen LogP contribution in [0.3, 0.4) is 0 Å². The predicted molar refractivity (Wildman–Crippen MR) is 132 cm³/mol. The lowest BCUT2D eigenvalue weighted by atomic mass is 9.99. The van der Waals surface area contributed by atoms with Crippen LogP contribution in [-0.4, -0.2) is 56.4 Å².